The monoisotopic (exact) mass is 241 g/mol. The van der Waals surface area contributed by atoms with Gasteiger partial charge in [0.15, 0.2) is 5.69 Å². The minimum absolute atomic E-state index is 0.0774. The standard InChI is InChI=1S/C10H15N3O2S/c1-10(15)3-2-5-13(6-4-10)9(14)8-7-16-12-11-8/h7,15H,2-6H2,1H3. The predicted molar refractivity (Wildman–Crippen MR) is 60.3 cm³/mol. The fourth-order valence-corrected chi connectivity index (χ4v) is 2.32. The van der Waals surface area contributed by atoms with Gasteiger partial charge in [0, 0.05) is 18.5 Å². The maximum absolute atomic E-state index is 12.0. The van der Waals surface area contributed by atoms with E-state index in [2.05, 4.69) is 9.59 Å². The molecule has 1 unspecified atom stereocenters. The zero-order chi connectivity index (χ0) is 11.6. The summed E-state index contributed by atoms with van der Waals surface area (Å²) in [6.07, 6.45) is 2.19. The topological polar surface area (TPSA) is 66.3 Å². The minimum atomic E-state index is -0.643. The Balaban J connectivity index is 2.03. The highest BCUT2D eigenvalue weighted by Crippen LogP contribution is 2.22. The lowest BCUT2D eigenvalue weighted by Crippen LogP contribution is -2.33. The molecule has 5 nitrogen and oxygen atoms in total. The zero-order valence-electron chi connectivity index (χ0n) is 9.22. The number of carbonyl (C=O) groups is 1. The van der Waals surface area contributed by atoms with Crippen LogP contribution in [0.25, 0.3) is 0 Å². The van der Waals surface area contributed by atoms with Gasteiger partial charge in [-0.3, -0.25) is 4.79 Å². The van der Waals surface area contributed by atoms with Gasteiger partial charge < -0.3 is 10.0 Å². The van der Waals surface area contributed by atoms with E-state index in [1.54, 1.807) is 10.3 Å². The van der Waals surface area contributed by atoms with Crippen LogP contribution in [0.2, 0.25) is 0 Å². The first-order valence-electron chi connectivity index (χ1n) is 5.37. The summed E-state index contributed by atoms with van der Waals surface area (Å²) in [5.74, 6) is -0.0774. The van der Waals surface area contributed by atoms with Crippen LogP contribution in [-0.2, 0) is 0 Å². The van der Waals surface area contributed by atoms with Crippen molar-refractivity contribution < 1.29 is 9.90 Å². The van der Waals surface area contributed by atoms with Crippen molar-refractivity contribution in [2.24, 2.45) is 0 Å². The lowest BCUT2D eigenvalue weighted by molar-refractivity contribution is 0.0437. The molecule has 0 aliphatic carbocycles. The molecule has 16 heavy (non-hydrogen) atoms. The summed E-state index contributed by atoms with van der Waals surface area (Å²) in [5.41, 5.74) is -0.235. The Morgan fingerprint density at radius 1 is 1.56 bits per heavy atom. The van der Waals surface area contributed by atoms with Crippen LogP contribution in [0, 0.1) is 0 Å². The highest BCUT2D eigenvalue weighted by molar-refractivity contribution is 7.03. The predicted octanol–water partition coefficient (Wildman–Crippen LogP) is 0.915. The van der Waals surface area contributed by atoms with Crippen molar-refractivity contribution in [1.82, 2.24) is 14.5 Å². The lowest BCUT2D eigenvalue weighted by atomic mass is 9.98. The number of rotatable bonds is 1. The molecular formula is C10H15N3O2S. The van der Waals surface area contributed by atoms with Crippen LogP contribution in [0.15, 0.2) is 5.38 Å². The van der Waals surface area contributed by atoms with Crippen LogP contribution in [0.5, 0.6) is 0 Å². The van der Waals surface area contributed by atoms with Gasteiger partial charge in [-0.15, -0.1) is 5.10 Å². The molecule has 2 heterocycles. The van der Waals surface area contributed by atoms with Crippen LogP contribution in [0.1, 0.15) is 36.7 Å². The highest BCUT2D eigenvalue weighted by atomic mass is 32.1. The van der Waals surface area contributed by atoms with E-state index in [4.69, 9.17) is 0 Å². The molecule has 1 amide bonds. The smallest absolute Gasteiger partial charge is 0.275 e. The molecule has 0 saturated carbocycles. The molecule has 1 aliphatic rings. The van der Waals surface area contributed by atoms with Crippen molar-refractivity contribution in [1.29, 1.82) is 0 Å². The van der Waals surface area contributed by atoms with E-state index in [1.165, 1.54) is 11.5 Å². The molecule has 1 aromatic heterocycles. The Hall–Kier alpha value is -1.01. The summed E-state index contributed by atoms with van der Waals surface area (Å²) in [4.78, 5) is 13.7. The van der Waals surface area contributed by atoms with E-state index < -0.39 is 5.60 Å². The molecule has 1 atom stereocenters. The maximum atomic E-state index is 12.0. The van der Waals surface area contributed by atoms with E-state index in [9.17, 15) is 9.90 Å². The Morgan fingerprint density at radius 2 is 2.38 bits per heavy atom. The Morgan fingerprint density at radius 3 is 3.06 bits per heavy atom. The number of carbonyl (C=O) groups excluding carboxylic acids is 1. The van der Waals surface area contributed by atoms with Gasteiger partial charge in [0.25, 0.3) is 5.91 Å². The molecule has 0 spiro atoms. The number of nitrogens with zero attached hydrogens (tertiary/aromatic N) is 3. The van der Waals surface area contributed by atoms with E-state index in [-0.39, 0.29) is 5.91 Å². The molecule has 0 aromatic carbocycles. The Bertz CT molecular complexity index is 364. The molecule has 0 bridgehead atoms. The van der Waals surface area contributed by atoms with E-state index in [0.717, 1.165) is 12.8 Å². The number of amides is 1. The van der Waals surface area contributed by atoms with Crippen molar-refractivity contribution in [3.63, 3.8) is 0 Å². The maximum Gasteiger partial charge on any atom is 0.275 e. The van der Waals surface area contributed by atoms with Gasteiger partial charge in [-0.2, -0.15) is 0 Å². The second-order valence-corrected chi connectivity index (χ2v) is 5.04. The van der Waals surface area contributed by atoms with Crippen LogP contribution in [0.4, 0.5) is 0 Å². The number of likely N-dealkylation sites (tertiary alicyclic amines) is 1. The fraction of sp³-hybridized carbons (Fsp3) is 0.700. The normalized spacial score (nSPS) is 26.5. The minimum Gasteiger partial charge on any atom is -0.390 e. The number of aliphatic hydroxyl groups is 1. The molecule has 1 aliphatic heterocycles. The van der Waals surface area contributed by atoms with Crippen LogP contribution in [-0.4, -0.2) is 44.2 Å². The third-order valence-electron chi connectivity index (χ3n) is 2.93. The second-order valence-electron chi connectivity index (χ2n) is 4.43. The summed E-state index contributed by atoms with van der Waals surface area (Å²) < 4.78 is 3.68. The lowest BCUT2D eigenvalue weighted by Gasteiger charge is -2.21. The number of hydrogen-bond acceptors (Lipinski definition) is 5. The average Bonchev–Trinajstić information content (AvgIpc) is 2.69. The molecule has 0 radical (unpaired) electrons. The quantitative estimate of drug-likeness (QED) is 0.794. The van der Waals surface area contributed by atoms with Crippen molar-refractivity contribution in [3.8, 4) is 0 Å². The van der Waals surface area contributed by atoms with Gasteiger partial charge in [-0.25, -0.2) is 0 Å². The van der Waals surface area contributed by atoms with E-state index in [1.807, 2.05) is 6.92 Å². The van der Waals surface area contributed by atoms with Gasteiger partial charge in [0.05, 0.1) is 5.60 Å². The van der Waals surface area contributed by atoms with Crippen molar-refractivity contribution in [2.75, 3.05) is 13.1 Å². The first kappa shape index (κ1) is 11.5. The highest BCUT2D eigenvalue weighted by Gasteiger charge is 2.28. The number of hydrogen-bond donors (Lipinski definition) is 1. The van der Waals surface area contributed by atoms with Crippen molar-refractivity contribution in [3.05, 3.63) is 11.1 Å². The SMILES string of the molecule is CC1(O)CCCN(C(=O)c2csnn2)CC1. The molecule has 1 aromatic rings. The molecule has 1 fully saturated rings. The van der Waals surface area contributed by atoms with Crippen LogP contribution < -0.4 is 0 Å². The summed E-state index contributed by atoms with van der Waals surface area (Å²) >= 11 is 1.18. The summed E-state index contributed by atoms with van der Waals surface area (Å²) in [5, 5.41) is 15.4. The second kappa shape index (κ2) is 4.47. The van der Waals surface area contributed by atoms with Crippen LogP contribution in [0.3, 0.4) is 0 Å². The largest absolute Gasteiger partial charge is 0.390 e. The summed E-state index contributed by atoms with van der Waals surface area (Å²) in [7, 11) is 0. The van der Waals surface area contributed by atoms with Gasteiger partial charge >= 0.3 is 0 Å². The van der Waals surface area contributed by atoms with E-state index in [0.29, 0.717) is 25.2 Å². The van der Waals surface area contributed by atoms with E-state index >= 15 is 0 Å². The zero-order valence-corrected chi connectivity index (χ0v) is 10.0. The van der Waals surface area contributed by atoms with Crippen molar-refractivity contribution in [2.45, 2.75) is 31.8 Å². The summed E-state index contributed by atoms with van der Waals surface area (Å²) in [6.45, 7) is 3.10. The van der Waals surface area contributed by atoms with Gasteiger partial charge in [0.2, 0.25) is 0 Å². The van der Waals surface area contributed by atoms with Gasteiger partial charge in [-0.05, 0) is 37.7 Å². The molecule has 1 N–H and O–H groups in total. The van der Waals surface area contributed by atoms with Gasteiger partial charge in [0.1, 0.15) is 0 Å². The molecular weight excluding hydrogens is 226 g/mol. The van der Waals surface area contributed by atoms with Crippen LogP contribution >= 0.6 is 11.5 Å². The Labute approximate surface area is 98.2 Å². The Kier molecular flexibility index (Phi) is 3.20. The first-order chi connectivity index (χ1) is 7.58. The third kappa shape index (κ3) is 2.56. The summed E-state index contributed by atoms with van der Waals surface area (Å²) in [6, 6.07) is 0. The molecule has 2 rings (SSSR count). The first-order valence-corrected chi connectivity index (χ1v) is 6.21. The van der Waals surface area contributed by atoms with Crippen molar-refractivity contribution >= 4 is 17.4 Å². The molecule has 88 valence electrons. The number of aromatic nitrogens is 2. The fourth-order valence-electron chi connectivity index (χ4n) is 1.89. The molecule has 1 saturated heterocycles. The third-order valence-corrected chi connectivity index (χ3v) is 3.43. The molecule has 6 heteroatoms. The van der Waals surface area contributed by atoms with Gasteiger partial charge in [-0.1, -0.05) is 4.49 Å². The average molecular weight is 241 g/mol.